The van der Waals surface area contributed by atoms with Gasteiger partial charge < -0.3 is 23.7 Å². The lowest BCUT2D eigenvalue weighted by Gasteiger charge is -2.11. The number of hydrogen-bond donors (Lipinski definition) is 0. The Morgan fingerprint density at radius 3 is 1.55 bits per heavy atom. The van der Waals surface area contributed by atoms with E-state index in [0.29, 0.717) is 29.9 Å². The van der Waals surface area contributed by atoms with E-state index in [1.165, 1.54) is 25.3 Å². The molecular weight excluding hydrogens is 735 g/mol. The molecule has 0 aromatic heterocycles. The average Bonchev–Trinajstić information content (AvgIpc) is 3.26. The molecule has 0 saturated carbocycles. The second-order valence-corrected chi connectivity index (χ2v) is 12.4. The highest BCUT2D eigenvalue weighted by atomic mass is 16.6. The summed E-state index contributed by atoms with van der Waals surface area (Å²) >= 11 is 0. The van der Waals surface area contributed by atoms with Gasteiger partial charge in [0.2, 0.25) is 0 Å². The van der Waals surface area contributed by atoms with Crippen LogP contribution in [0.1, 0.15) is 84.6 Å². The van der Waals surface area contributed by atoms with E-state index in [2.05, 4.69) is 36.3 Å². The smallest absolute Gasteiger partial charge is 0.343 e. The number of benzene rings is 5. The predicted molar refractivity (Wildman–Crippen MR) is 215 cm³/mol. The summed E-state index contributed by atoms with van der Waals surface area (Å²) in [6, 6.07) is 33.4. The summed E-state index contributed by atoms with van der Waals surface area (Å²) in [4.78, 5) is 49.7. The van der Waals surface area contributed by atoms with Crippen LogP contribution in [0.3, 0.4) is 0 Å². The molecule has 5 aromatic rings. The fourth-order valence-electron chi connectivity index (χ4n) is 5.17. The molecular formula is C48H37NO9. The molecule has 0 atom stereocenters. The molecule has 0 radical (unpaired) electrons. The molecule has 10 heteroatoms. The Bertz CT molecular complexity index is 2420. The summed E-state index contributed by atoms with van der Waals surface area (Å²) in [6.45, 7) is 4.34. The summed E-state index contributed by atoms with van der Waals surface area (Å²) in [5.74, 6) is 10.3. The van der Waals surface area contributed by atoms with Gasteiger partial charge in [0.1, 0.15) is 22.8 Å². The minimum atomic E-state index is -0.798. The maximum atomic E-state index is 13.1. The van der Waals surface area contributed by atoms with Crippen molar-refractivity contribution in [3.63, 3.8) is 0 Å². The summed E-state index contributed by atoms with van der Waals surface area (Å²) in [5, 5.41) is 8.95. The Morgan fingerprint density at radius 2 is 1.03 bits per heavy atom. The molecule has 0 aliphatic heterocycles. The van der Waals surface area contributed by atoms with E-state index in [1.807, 2.05) is 24.3 Å². The average molecular weight is 772 g/mol. The van der Waals surface area contributed by atoms with Crippen LogP contribution < -0.4 is 14.2 Å². The second kappa shape index (κ2) is 21.3. The monoisotopic (exact) mass is 771 g/mol. The molecule has 5 aromatic carbocycles. The van der Waals surface area contributed by atoms with Crippen LogP contribution in [0.25, 0.3) is 0 Å². The topological polar surface area (TPSA) is 138 Å². The molecule has 0 bridgehead atoms. The number of hydrogen-bond acceptors (Lipinski definition) is 10. The first-order valence-corrected chi connectivity index (χ1v) is 18.2. The molecule has 10 nitrogen and oxygen atoms in total. The molecule has 0 spiro atoms. The highest BCUT2D eigenvalue weighted by Gasteiger charge is 2.20. The summed E-state index contributed by atoms with van der Waals surface area (Å²) in [6.07, 6.45) is 4.75. The lowest BCUT2D eigenvalue weighted by atomic mass is 10.1. The molecule has 0 unspecified atom stereocenters. The number of carbonyl (C=O) groups excluding carboxylic acids is 4. The molecule has 0 fully saturated rings. The van der Waals surface area contributed by atoms with Gasteiger partial charge in [-0.05, 0) is 141 Å². The number of nitrogens with zero attached hydrogens (tertiary/aromatic N) is 1. The van der Waals surface area contributed by atoms with E-state index >= 15 is 0 Å². The predicted octanol–water partition coefficient (Wildman–Crippen LogP) is 8.25. The van der Waals surface area contributed by atoms with Crippen LogP contribution in [0.2, 0.25) is 0 Å². The van der Waals surface area contributed by atoms with E-state index in [4.69, 9.17) is 28.9 Å². The molecule has 0 saturated heterocycles. The second-order valence-electron chi connectivity index (χ2n) is 12.4. The van der Waals surface area contributed by atoms with E-state index in [9.17, 15) is 19.2 Å². The van der Waals surface area contributed by atoms with E-state index in [0.717, 1.165) is 48.6 Å². The van der Waals surface area contributed by atoms with E-state index in [-0.39, 0.29) is 28.2 Å². The molecule has 5 rings (SSSR count). The maximum Gasteiger partial charge on any atom is 0.343 e. The number of methoxy groups -OCH3 is 1. The number of nitriles is 1. The van der Waals surface area contributed by atoms with Crippen molar-refractivity contribution < 1.29 is 42.9 Å². The fourth-order valence-corrected chi connectivity index (χ4v) is 5.17. The Balaban J connectivity index is 1.12. The Labute approximate surface area is 336 Å². The van der Waals surface area contributed by atoms with Gasteiger partial charge in [0.25, 0.3) is 0 Å². The van der Waals surface area contributed by atoms with Crippen molar-refractivity contribution in [2.45, 2.75) is 25.7 Å². The lowest BCUT2D eigenvalue weighted by Crippen LogP contribution is -2.13. The first-order valence-electron chi connectivity index (χ1n) is 18.2. The standard InChI is InChI=1S/C48H37NO9/c1-3-45(50)56-31-7-5-4-6-30-55-41-26-20-37(21-27-41)11-10-36-18-24-40(25-19-36)47(52)58-44-29-28-42(32-43(44)48(53)54-2)57-46(51)39-22-16-35(17-23-39)9-8-34-12-14-38(33-49)15-13-34/h3,12-29,32H,1,4-7,30-31H2,2H3. The zero-order valence-electron chi connectivity index (χ0n) is 31.6. The van der Waals surface area contributed by atoms with Crippen molar-refractivity contribution in [2.24, 2.45) is 0 Å². The summed E-state index contributed by atoms with van der Waals surface area (Å²) < 4.78 is 26.7. The molecule has 0 aliphatic rings. The highest BCUT2D eigenvalue weighted by Crippen LogP contribution is 2.27. The van der Waals surface area contributed by atoms with Gasteiger partial charge in [0.15, 0.2) is 0 Å². The van der Waals surface area contributed by atoms with Gasteiger partial charge >= 0.3 is 23.9 Å². The Morgan fingerprint density at radius 1 is 0.569 bits per heavy atom. The molecule has 0 amide bonds. The molecule has 0 N–H and O–H groups in total. The van der Waals surface area contributed by atoms with E-state index < -0.39 is 23.9 Å². The maximum absolute atomic E-state index is 13.1. The van der Waals surface area contributed by atoms with Gasteiger partial charge in [-0.25, -0.2) is 19.2 Å². The minimum Gasteiger partial charge on any atom is -0.494 e. The molecule has 0 heterocycles. The van der Waals surface area contributed by atoms with Gasteiger partial charge in [0.05, 0.1) is 43.1 Å². The zero-order valence-corrected chi connectivity index (χ0v) is 31.6. The van der Waals surface area contributed by atoms with E-state index in [1.54, 1.807) is 72.8 Å². The first kappa shape index (κ1) is 41.3. The van der Waals surface area contributed by atoms with Gasteiger partial charge in [-0.1, -0.05) is 30.3 Å². The number of unbranched alkanes of at least 4 members (excludes halogenated alkanes) is 3. The summed E-state index contributed by atoms with van der Waals surface area (Å²) in [7, 11) is 1.18. The largest absolute Gasteiger partial charge is 0.494 e. The van der Waals surface area contributed by atoms with Crippen LogP contribution >= 0.6 is 0 Å². The molecule has 0 aliphatic carbocycles. The van der Waals surface area contributed by atoms with Gasteiger partial charge in [-0.2, -0.15) is 5.26 Å². The van der Waals surface area contributed by atoms with Crippen LogP contribution in [0.5, 0.6) is 17.2 Å². The van der Waals surface area contributed by atoms with Crippen LogP contribution in [0.15, 0.2) is 128 Å². The van der Waals surface area contributed by atoms with Crippen LogP contribution in [-0.4, -0.2) is 44.2 Å². The number of ether oxygens (including phenoxy) is 5. The van der Waals surface area contributed by atoms with Gasteiger partial charge in [0, 0.05) is 28.3 Å². The fraction of sp³-hybridized carbons (Fsp3) is 0.146. The SMILES string of the molecule is C=CC(=O)OCCCCCCOc1ccc(C#Cc2ccc(C(=O)Oc3ccc(OC(=O)c4ccc(C#Cc5ccc(C#N)cc5)cc4)cc3C(=O)OC)cc2)cc1. The third-order valence-corrected chi connectivity index (χ3v) is 8.30. The van der Waals surface area contributed by atoms with Gasteiger partial charge in [-0.15, -0.1) is 0 Å². The normalized spacial score (nSPS) is 9.93. The van der Waals surface area contributed by atoms with Crippen molar-refractivity contribution in [1.82, 2.24) is 0 Å². The van der Waals surface area contributed by atoms with Crippen molar-refractivity contribution in [1.29, 1.82) is 5.26 Å². The lowest BCUT2D eigenvalue weighted by molar-refractivity contribution is -0.137. The Kier molecular flexibility index (Phi) is 15.2. The van der Waals surface area contributed by atoms with Crippen molar-refractivity contribution in [3.05, 3.63) is 172 Å². The number of esters is 4. The van der Waals surface area contributed by atoms with Crippen LogP contribution in [-0.2, 0) is 14.3 Å². The van der Waals surface area contributed by atoms with Crippen molar-refractivity contribution >= 4 is 23.9 Å². The van der Waals surface area contributed by atoms with Crippen LogP contribution in [0.4, 0.5) is 0 Å². The zero-order chi connectivity index (χ0) is 41.1. The highest BCUT2D eigenvalue weighted by molar-refractivity contribution is 5.97. The Hall–Kier alpha value is -7.87. The number of carbonyl (C=O) groups is 4. The third-order valence-electron chi connectivity index (χ3n) is 8.30. The van der Waals surface area contributed by atoms with Crippen LogP contribution in [0, 0.1) is 35.0 Å². The quantitative estimate of drug-likeness (QED) is 0.0357. The van der Waals surface area contributed by atoms with Crippen molar-refractivity contribution in [2.75, 3.05) is 20.3 Å². The third kappa shape index (κ3) is 12.6. The number of rotatable bonds is 14. The molecule has 58 heavy (non-hydrogen) atoms. The van der Waals surface area contributed by atoms with Gasteiger partial charge in [-0.3, -0.25) is 0 Å². The first-order chi connectivity index (χ1) is 28.2. The summed E-state index contributed by atoms with van der Waals surface area (Å²) in [5.41, 5.74) is 3.76. The minimum absolute atomic E-state index is 0.0361. The van der Waals surface area contributed by atoms with Crippen molar-refractivity contribution in [3.8, 4) is 47.0 Å². The molecule has 288 valence electrons.